The number of benzene rings is 2. The number of rotatable bonds is 6. The van der Waals surface area contributed by atoms with Gasteiger partial charge in [0.15, 0.2) is 5.58 Å². The third-order valence-electron chi connectivity index (χ3n) is 4.04. The average Bonchev–Trinajstić information content (AvgIpc) is 3.21. The number of amides is 2. The zero-order chi connectivity index (χ0) is 18.8. The van der Waals surface area contributed by atoms with Gasteiger partial charge in [-0.2, -0.15) is 0 Å². The minimum atomic E-state index is -0.473. The number of nitrogens with zero attached hydrogens (tertiary/aromatic N) is 2. The van der Waals surface area contributed by atoms with Crippen LogP contribution in [0.2, 0.25) is 0 Å². The van der Waals surface area contributed by atoms with Gasteiger partial charge in [-0.05, 0) is 24.3 Å². The topological polar surface area (TPSA) is 89.7 Å². The second-order valence-electron chi connectivity index (χ2n) is 5.76. The highest BCUT2D eigenvalue weighted by molar-refractivity contribution is 7.99. The van der Waals surface area contributed by atoms with Crippen molar-refractivity contribution in [3.05, 3.63) is 59.7 Å². The van der Waals surface area contributed by atoms with Gasteiger partial charge in [0.25, 0.3) is 17.0 Å². The molecular formula is C19H14N2O5S. The number of thioether (sulfide) groups is 1. The van der Waals surface area contributed by atoms with Crippen molar-refractivity contribution in [1.82, 2.24) is 9.88 Å². The Bertz CT molecular complexity index is 977. The van der Waals surface area contributed by atoms with Crippen LogP contribution in [0.15, 0.2) is 58.2 Å². The van der Waals surface area contributed by atoms with E-state index in [-0.39, 0.29) is 30.7 Å². The Morgan fingerprint density at radius 3 is 2.41 bits per heavy atom. The SMILES string of the molecule is O=C(CSc1nc2ccccc2o1)OCCN1C(=O)c2ccccc2C1=O. The van der Waals surface area contributed by atoms with Crippen molar-refractivity contribution in [2.24, 2.45) is 0 Å². The second kappa shape index (κ2) is 7.24. The lowest BCUT2D eigenvalue weighted by molar-refractivity contribution is -0.140. The van der Waals surface area contributed by atoms with Crippen molar-refractivity contribution in [2.45, 2.75) is 5.22 Å². The summed E-state index contributed by atoms with van der Waals surface area (Å²) < 4.78 is 10.6. The van der Waals surface area contributed by atoms with Crippen molar-refractivity contribution in [3.63, 3.8) is 0 Å². The van der Waals surface area contributed by atoms with Gasteiger partial charge in [-0.1, -0.05) is 36.0 Å². The Hall–Kier alpha value is -3.13. The van der Waals surface area contributed by atoms with E-state index in [1.807, 2.05) is 18.2 Å². The first kappa shape index (κ1) is 17.3. The molecule has 0 N–H and O–H groups in total. The summed E-state index contributed by atoms with van der Waals surface area (Å²) in [7, 11) is 0. The van der Waals surface area contributed by atoms with E-state index in [4.69, 9.17) is 9.15 Å². The fourth-order valence-corrected chi connectivity index (χ4v) is 3.40. The lowest BCUT2D eigenvalue weighted by Gasteiger charge is -2.13. The third kappa shape index (κ3) is 3.43. The summed E-state index contributed by atoms with van der Waals surface area (Å²) in [4.78, 5) is 41.7. The summed E-state index contributed by atoms with van der Waals surface area (Å²) in [5, 5.41) is 0.383. The number of imide groups is 1. The van der Waals surface area contributed by atoms with Gasteiger partial charge < -0.3 is 9.15 Å². The molecule has 2 amide bonds. The van der Waals surface area contributed by atoms with Crippen LogP contribution in [0.1, 0.15) is 20.7 Å². The normalized spacial score (nSPS) is 13.3. The van der Waals surface area contributed by atoms with Crippen molar-refractivity contribution in [2.75, 3.05) is 18.9 Å². The van der Waals surface area contributed by atoms with E-state index in [9.17, 15) is 14.4 Å². The highest BCUT2D eigenvalue weighted by Gasteiger charge is 2.34. The number of esters is 1. The fraction of sp³-hybridized carbons (Fsp3) is 0.158. The molecular weight excluding hydrogens is 368 g/mol. The molecule has 2 heterocycles. The van der Waals surface area contributed by atoms with E-state index in [1.165, 1.54) is 0 Å². The summed E-state index contributed by atoms with van der Waals surface area (Å²) in [6.07, 6.45) is 0. The minimum Gasteiger partial charge on any atom is -0.463 e. The van der Waals surface area contributed by atoms with Gasteiger partial charge in [0.1, 0.15) is 17.9 Å². The molecule has 0 atom stereocenters. The Balaban J connectivity index is 1.26. The standard InChI is InChI=1S/C19H14N2O5S/c22-16(11-27-19-20-14-7-3-4-8-15(14)26-19)25-10-9-21-17(23)12-5-1-2-6-13(12)18(21)24/h1-8H,9-11H2. The Labute approximate surface area is 158 Å². The quantitative estimate of drug-likeness (QED) is 0.368. The van der Waals surface area contributed by atoms with Gasteiger partial charge in [-0.15, -0.1) is 0 Å². The summed E-state index contributed by atoms with van der Waals surface area (Å²) in [5.74, 6) is -1.19. The maximum atomic E-state index is 12.2. The van der Waals surface area contributed by atoms with Crippen LogP contribution in [0.3, 0.4) is 0 Å². The number of carbonyl (C=O) groups excluding carboxylic acids is 3. The van der Waals surface area contributed by atoms with Crippen LogP contribution in [-0.4, -0.2) is 46.6 Å². The van der Waals surface area contributed by atoms with Crippen LogP contribution in [-0.2, 0) is 9.53 Å². The van der Waals surface area contributed by atoms with Crippen molar-refractivity contribution in [1.29, 1.82) is 0 Å². The monoisotopic (exact) mass is 382 g/mol. The Kier molecular flexibility index (Phi) is 4.64. The average molecular weight is 382 g/mol. The smallest absolute Gasteiger partial charge is 0.316 e. The van der Waals surface area contributed by atoms with Crippen LogP contribution in [0, 0.1) is 0 Å². The first-order valence-corrected chi connectivity index (χ1v) is 9.21. The van der Waals surface area contributed by atoms with Crippen molar-refractivity contribution in [3.8, 4) is 0 Å². The molecule has 0 unspecified atom stereocenters. The van der Waals surface area contributed by atoms with Gasteiger partial charge in [0.2, 0.25) is 0 Å². The summed E-state index contributed by atoms with van der Waals surface area (Å²) in [5.41, 5.74) is 2.12. The van der Waals surface area contributed by atoms with Gasteiger partial charge in [-0.25, -0.2) is 4.98 Å². The molecule has 4 rings (SSSR count). The third-order valence-corrected chi connectivity index (χ3v) is 4.85. The second-order valence-corrected chi connectivity index (χ2v) is 6.69. The number of aromatic nitrogens is 1. The lowest BCUT2D eigenvalue weighted by Crippen LogP contribution is -2.33. The Morgan fingerprint density at radius 1 is 1.04 bits per heavy atom. The van der Waals surface area contributed by atoms with Gasteiger partial charge in [0.05, 0.1) is 17.7 Å². The number of hydrogen-bond donors (Lipinski definition) is 0. The van der Waals surface area contributed by atoms with Crippen LogP contribution < -0.4 is 0 Å². The number of carbonyl (C=O) groups is 3. The first-order valence-electron chi connectivity index (χ1n) is 8.23. The van der Waals surface area contributed by atoms with Gasteiger partial charge in [-0.3, -0.25) is 19.3 Å². The first-order chi connectivity index (χ1) is 13.1. The number of ether oxygens (including phenoxy) is 1. The largest absolute Gasteiger partial charge is 0.463 e. The zero-order valence-corrected chi connectivity index (χ0v) is 14.9. The van der Waals surface area contributed by atoms with E-state index < -0.39 is 5.97 Å². The van der Waals surface area contributed by atoms with Crippen molar-refractivity contribution >= 4 is 40.6 Å². The summed E-state index contributed by atoms with van der Waals surface area (Å²) in [6, 6.07) is 13.9. The van der Waals surface area contributed by atoms with E-state index in [0.29, 0.717) is 21.9 Å². The number of para-hydroxylation sites is 2. The zero-order valence-electron chi connectivity index (χ0n) is 14.1. The molecule has 0 bridgehead atoms. The van der Waals surface area contributed by atoms with Crippen molar-refractivity contribution < 1.29 is 23.5 Å². The molecule has 0 aliphatic carbocycles. The van der Waals surface area contributed by atoms with Crippen LogP contribution >= 0.6 is 11.8 Å². The number of fused-ring (bicyclic) bond motifs is 2. The van der Waals surface area contributed by atoms with E-state index in [2.05, 4.69) is 4.98 Å². The molecule has 0 radical (unpaired) electrons. The molecule has 0 fully saturated rings. The molecule has 2 aromatic carbocycles. The van der Waals surface area contributed by atoms with E-state index in [0.717, 1.165) is 22.2 Å². The molecule has 1 aliphatic heterocycles. The molecule has 0 spiro atoms. The van der Waals surface area contributed by atoms with Crippen LogP contribution in [0.4, 0.5) is 0 Å². The molecule has 1 aromatic heterocycles. The molecule has 0 saturated carbocycles. The highest BCUT2D eigenvalue weighted by Crippen LogP contribution is 2.24. The molecule has 1 aliphatic rings. The Morgan fingerprint density at radius 2 is 1.70 bits per heavy atom. The predicted molar refractivity (Wildman–Crippen MR) is 97.5 cm³/mol. The fourth-order valence-electron chi connectivity index (χ4n) is 2.77. The van der Waals surface area contributed by atoms with Crippen LogP contribution in [0.25, 0.3) is 11.1 Å². The molecule has 0 saturated heterocycles. The molecule has 7 nitrogen and oxygen atoms in total. The molecule has 8 heteroatoms. The minimum absolute atomic E-state index is 0.0195. The van der Waals surface area contributed by atoms with Gasteiger partial charge >= 0.3 is 5.97 Å². The lowest BCUT2D eigenvalue weighted by atomic mass is 10.1. The molecule has 27 heavy (non-hydrogen) atoms. The molecule has 136 valence electrons. The number of oxazole rings is 1. The predicted octanol–water partition coefficient (Wildman–Crippen LogP) is 2.76. The van der Waals surface area contributed by atoms with E-state index in [1.54, 1.807) is 30.3 Å². The molecule has 3 aromatic rings. The maximum absolute atomic E-state index is 12.2. The van der Waals surface area contributed by atoms with Gasteiger partial charge in [0, 0.05) is 0 Å². The number of hydrogen-bond acceptors (Lipinski definition) is 7. The highest BCUT2D eigenvalue weighted by atomic mass is 32.2. The summed E-state index contributed by atoms with van der Waals surface area (Å²) in [6.45, 7) is -0.0376. The summed E-state index contributed by atoms with van der Waals surface area (Å²) >= 11 is 1.13. The van der Waals surface area contributed by atoms with Crippen LogP contribution in [0.5, 0.6) is 0 Å². The maximum Gasteiger partial charge on any atom is 0.316 e. The van der Waals surface area contributed by atoms with E-state index >= 15 is 0 Å².